The monoisotopic (exact) mass is 474 g/mol. The smallest absolute Gasteiger partial charge is 0.265 e. The van der Waals surface area contributed by atoms with E-state index in [9.17, 15) is 13.2 Å². The first-order valence-electron chi connectivity index (χ1n) is 10.3. The molecule has 1 saturated heterocycles. The summed E-state index contributed by atoms with van der Waals surface area (Å²) in [5.41, 5.74) is 2.31. The van der Waals surface area contributed by atoms with Crippen molar-refractivity contribution in [3.63, 3.8) is 0 Å². The van der Waals surface area contributed by atoms with Gasteiger partial charge in [0.15, 0.2) is 0 Å². The van der Waals surface area contributed by atoms with E-state index in [1.807, 2.05) is 11.8 Å². The molecule has 8 nitrogen and oxygen atoms in total. The molecule has 3 heterocycles. The second kappa shape index (κ2) is 8.59. The number of aryl methyl sites for hydroxylation is 1. The van der Waals surface area contributed by atoms with E-state index in [2.05, 4.69) is 9.71 Å². The van der Waals surface area contributed by atoms with Gasteiger partial charge in [-0.1, -0.05) is 6.07 Å². The van der Waals surface area contributed by atoms with Crippen molar-refractivity contribution < 1.29 is 17.9 Å². The predicted octanol–water partition coefficient (Wildman–Crippen LogP) is 3.81. The molecule has 4 rings (SSSR count). The van der Waals surface area contributed by atoms with Crippen LogP contribution in [-0.2, 0) is 17.1 Å². The number of thiazole rings is 1. The van der Waals surface area contributed by atoms with Crippen molar-refractivity contribution in [1.29, 1.82) is 0 Å². The number of sulfonamides is 1. The highest BCUT2D eigenvalue weighted by Crippen LogP contribution is 2.34. The number of amides is 1. The Balaban J connectivity index is 1.67. The summed E-state index contributed by atoms with van der Waals surface area (Å²) >= 11 is 1.31. The second-order valence-electron chi connectivity index (χ2n) is 7.81. The fraction of sp³-hybridized carbons (Fsp3) is 0.364. The minimum Gasteiger partial charge on any atom is -0.497 e. The van der Waals surface area contributed by atoms with Gasteiger partial charge in [-0.15, -0.1) is 11.3 Å². The van der Waals surface area contributed by atoms with Gasteiger partial charge in [0, 0.05) is 31.9 Å². The number of methoxy groups -OCH3 is 1. The normalized spacial score (nSPS) is 14.1. The average Bonchev–Trinajstić information content (AvgIpc) is 3.48. The van der Waals surface area contributed by atoms with Gasteiger partial charge < -0.3 is 14.2 Å². The summed E-state index contributed by atoms with van der Waals surface area (Å²) < 4.78 is 35.8. The molecule has 1 aromatic carbocycles. The third-order valence-electron chi connectivity index (χ3n) is 5.70. The lowest BCUT2D eigenvalue weighted by atomic mass is 10.3. The van der Waals surface area contributed by atoms with Gasteiger partial charge in [-0.25, -0.2) is 13.4 Å². The Morgan fingerprint density at radius 2 is 1.91 bits per heavy atom. The zero-order valence-electron chi connectivity index (χ0n) is 18.5. The van der Waals surface area contributed by atoms with E-state index in [0.29, 0.717) is 38.4 Å². The number of hydrogen-bond donors (Lipinski definition) is 1. The highest BCUT2D eigenvalue weighted by Gasteiger charge is 2.27. The van der Waals surface area contributed by atoms with Crippen LogP contribution in [0.3, 0.4) is 0 Å². The standard InChI is InChI=1S/C22H26N4O4S2/c1-14-20(22(27)26-10-5-6-11-26)31-21(23-14)18-13-19(15(2)25(18)3)32(28,29)24-16-8-7-9-17(12-16)30-4/h7-9,12-13,24H,5-6,10-11H2,1-4H3. The average molecular weight is 475 g/mol. The van der Waals surface area contributed by atoms with Crippen molar-refractivity contribution in [2.75, 3.05) is 24.9 Å². The van der Waals surface area contributed by atoms with Crippen molar-refractivity contribution in [2.45, 2.75) is 31.6 Å². The Labute approximate surface area is 191 Å². The molecule has 2 aromatic heterocycles. The van der Waals surface area contributed by atoms with Crippen LogP contribution in [0.1, 0.15) is 33.9 Å². The number of carbonyl (C=O) groups is 1. The van der Waals surface area contributed by atoms with Gasteiger partial charge in [-0.2, -0.15) is 0 Å². The Morgan fingerprint density at radius 3 is 2.59 bits per heavy atom. The predicted molar refractivity (Wildman–Crippen MR) is 125 cm³/mol. The molecule has 1 aliphatic heterocycles. The van der Waals surface area contributed by atoms with Crippen LogP contribution in [0, 0.1) is 13.8 Å². The van der Waals surface area contributed by atoms with Crippen molar-refractivity contribution in [2.24, 2.45) is 7.05 Å². The topological polar surface area (TPSA) is 93.5 Å². The van der Waals surface area contributed by atoms with Gasteiger partial charge >= 0.3 is 0 Å². The van der Waals surface area contributed by atoms with Gasteiger partial charge in [0.05, 0.1) is 24.2 Å². The van der Waals surface area contributed by atoms with Gasteiger partial charge in [-0.3, -0.25) is 9.52 Å². The van der Waals surface area contributed by atoms with E-state index in [4.69, 9.17) is 4.74 Å². The third-order valence-corrected chi connectivity index (χ3v) is 8.37. The van der Waals surface area contributed by atoms with Crippen LogP contribution in [0.25, 0.3) is 10.7 Å². The first-order chi connectivity index (χ1) is 15.2. The van der Waals surface area contributed by atoms with E-state index in [1.54, 1.807) is 48.9 Å². The Kier molecular flexibility index (Phi) is 6.00. The molecule has 0 aliphatic carbocycles. The summed E-state index contributed by atoms with van der Waals surface area (Å²) in [5, 5.41) is 0.624. The fourth-order valence-corrected chi connectivity index (χ4v) is 6.24. The number of rotatable bonds is 6. The number of nitrogens with one attached hydrogen (secondary N) is 1. The van der Waals surface area contributed by atoms with Crippen molar-refractivity contribution in [1.82, 2.24) is 14.5 Å². The number of aromatic nitrogens is 2. The molecular weight excluding hydrogens is 448 g/mol. The molecule has 170 valence electrons. The summed E-state index contributed by atoms with van der Waals surface area (Å²) in [6.07, 6.45) is 2.05. The molecule has 3 aromatic rings. The second-order valence-corrected chi connectivity index (χ2v) is 10.5. The number of nitrogens with zero attached hydrogens (tertiary/aromatic N) is 3. The lowest BCUT2D eigenvalue weighted by molar-refractivity contribution is 0.0796. The SMILES string of the molecule is COc1cccc(NS(=O)(=O)c2cc(-c3nc(C)c(C(=O)N4CCCC4)s3)n(C)c2C)c1. The van der Waals surface area contributed by atoms with Crippen LogP contribution in [-0.4, -0.2) is 49.0 Å². The van der Waals surface area contributed by atoms with E-state index in [1.165, 1.54) is 18.4 Å². The van der Waals surface area contributed by atoms with Crippen LogP contribution < -0.4 is 9.46 Å². The summed E-state index contributed by atoms with van der Waals surface area (Å²) in [6, 6.07) is 8.36. The van der Waals surface area contributed by atoms with E-state index < -0.39 is 10.0 Å². The molecular formula is C22H26N4O4S2. The number of anilines is 1. The Bertz CT molecular complexity index is 1270. The number of hydrogen-bond acceptors (Lipinski definition) is 6. The van der Waals surface area contributed by atoms with Crippen molar-refractivity contribution in [3.05, 3.63) is 46.6 Å². The van der Waals surface area contributed by atoms with Crippen LogP contribution in [0.4, 0.5) is 5.69 Å². The van der Waals surface area contributed by atoms with Gasteiger partial charge in [0.1, 0.15) is 20.5 Å². The van der Waals surface area contributed by atoms with Crippen LogP contribution in [0.2, 0.25) is 0 Å². The molecule has 0 radical (unpaired) electrons. The Morgan fingerprint density at radius 1 is 1.19 bits per heavy atom. The number of ether oxygens (including phenoxy) is 1. The lowest BCUT2D eigenvalue weighted by Crippen LogP contribution is -2.27. The molecule has 10 heteroatoms. The highest BCUT2D eigenvalue weighted by atomic mass is 32.2. The van der Waals surface area contributed by atoms with E-state index >= 15 is 0 Å². The molecule has 1 N–H and O–H groups in total. The minimum atomic E-state index is -3.84. The largest absolute Gasteiger partial charge is 0.497 e. The Hall–Kier alpha value is -2.85. The molecule has 0 unspecified atom stereocenters. The molecule has 0 saturated carbocycles. The summed E-state index contributed by atoms with van der Waals surface area (Å²) in [7, 11) is -0.509. The van der Waals surface area contributed by atoms with Crippen molar-refractivity contribution in [3.8, 4) is 16.5 Å². The first kappa shape index (κ1) is 22.3. The summed E-state index contributed by atoms with van der Waals surface area (Å²) in [5.74, 6) is 0.561. The first-order valence-corrected chi connectivity index (χ1v) is 12.6. The van der Waals surface area contributed by atoms with Crippen molar-refractivity contribution >= 4 is 33.0 Å². The lowest BCUT2D eigenvalue weighted by Gasteiger charge is -2.13. The quantitative estimate of drug-likeness (QED) is 0.586. The zero-order chi connectivity index (χ0) is 23.0. The molecule has 0 spiro atoms. The fourth-order valence-electron chi connectivity index (χ4n) is 3.81. The number of likely N-dealkylation sites (tertiary alicyclic amines) is 1. The van der Waals surface area contributed by atoms with Gasteiger partial charge in [0.25, 0.3) is 15.9 Å². The molecule has 1 aliphatic rings. The van der Waals surface area contributed by atoms with Crippen LogP contribution in [0.15, 0.2) is 35.2 Å². The minimum absolute atomic E-state index is 0.00205. The van der Waals surface area contributed by atoms with E-state index in [-0.39, 0.29) is 10.8 Å². The number of carbonyl (C=O) groups excluding carboxylic acids is 1. The number of benzene rings is 1. The zero-order valence-corrected chi connectivity index (χ0v) is 20.1. The third kappa shape index (κ3) is 4.12. The molecule has 32 heavy (non-hydrogen) atoms. The molecule has 1 amide bonds. The summed E-state index contributed by atoms with van der Waals surface area (Å²) in [4.78, 5) is 20.1. The molecule has 0 atom stereocenters. The molecule has 1 fully saturated rings. The van der Waals surface area contributed by atoms with Gasteiger partial charge in [-0.05, 0) is 44.9 Å². The maximum Gasteiger partial charge on any atom is 0.265 e. The molecule has 0 bridgehead atoms. The van der Waals surface area contributed by atoms with Crippen LogP contribution >= 0.6 is 11.3 Å². The van der Waals surface area contributed by atoms with Gasteiger partial charge in [0.2, 0.25) is 0 Å². The van der Waals surface area contributed by atoms with E-state index in [0.717, 1.165) is 25.9 Å². The van der Waals surface area contributed by atoms with Crippen LogP contribution in [0.5, 0.6) is 5.75 Å². The maximum atomic E-state index is 13.1. The highest BCUT2D eigenvalue weighted by molar-refractivity contribution is 7.92. The summed E-state index contributed by atoms with van der Waals surface area (Å²) in [6.45, 7) is 5.11. The maximum absolute atomic E-state index is 13.1.